The number of alkyl halides is 1. The molecule has 1 aromatic rings. The van der Waals surface area contributed by atoms with Crippen molar-refractivity contribution in [2.24, 2.45) is 0 Å². The number of benzene rings is 1. The second-order valence-corrected chi connectivity index (χ2v) is 4.54. The van der Waals surface area contributed by atoms with E-state index in [1.54, 1.807) is 26.0 Å². The zero-order chi connectivity index (χ0) is 15.2. The molecule has 0 aromatic heterocycles. The maximum atomic E-state index is 12.0. The molecule has 1 aromatic carbocycles. The van der Waals surface area contributed by atoms with Gasteiger partial charge in [-0.05, 0) is 19.4 Å². The number of hydrogen-bond donors (Lipinski definition) is 1. The summed E-state index contributed by atoms with van der Waals surface area (Å²) in [5.41, 5.74) is -1.36. The van der Waals surface area contributed by atoms with Crippen LogP contribution >= 0.6 is 15.9 Å². The van der Waals surface area contributed by atoms with E-state index in [1.807, 2.05) is 0 Å². The van der Waals surface area contributed by atoms with Crippen LogP contribution in [-0.4, -0.2) is 30.3 Å². The summed E-state index contributed by atoms with van der Waals surface area (Å²) < 4.78 is 9.57. The maximum absolute atomic E-state index is 12.0. The minimum Gasteiger partial charge on any atom is -0.463 e. The molecule has 0 radical (unpaired) electrons. The Labute approximate surface area is 126 Å². The Morgan fingerprint density at radius 3 is 1.90 bits per heavy atom. The Hall–Kier alpha value is -1.40. The molecule has 6 heteroatoms. The van der Waals surface area contributed by atoms with Gasteiger partial charge in [0.15, 0.2) is 0 Å². The van der Waals surface area contributed by atoms with E-state index >= 15 is 0 Å². The molecule has 0 saturated heterocycles. The van der Waals surface area contributed by atoms with Crippen molar-refractivity contribution in [3.8, 4) is 0 Å². The third kappa shape index (κ3) is 3.37. The van der Waals surface area contributed by atoms with Crippen LogP contribution in [0.25, 0.3) is 0 Å². The molecule has 0 atom stereocenters. The number of halogens is 1. The van der Waals surface area contributed by atoms with Gasteiger partial charge < -0.3 is 14.6 Å². The first-order valence-corrected chi connectivity index (χ1v) is 7.35. The number of esters is 2. The van der Waals surface area contributed by atoms with Gasteiger partial charge >= 0.3 is 11.9 Å². The fraction of sp³-hybridized carbons (Fsp3) is 0.429. The van der Waals surface area contributed by atoms with E-state index in [-0.39, 0.29) is 18.8 Å². The molecule has 110 valence electrons. The lowest BCUT2D eigenvalue weighted by Gasteiger charge is -2.24. The third-order valence-electron chi connectivity index (χ3n) is 2.67. The van der Waals surface area contributed by atoms with Crippen LogP contribution in [-0.2, 0) is 30.0 Å². The van der Waals surface area contributed by atoms with Gasteiger partial charge in [0.2, 0.25) is 0 Å². The predicted octanol–water partition coefficient (Wildman–Crippen LogP) is 1.90. The van der Waals surface area contributed by atoms with E-state index in [0.717, 1.165) is 5.56 Å². The Bertz CT molecular complexity index is 451. The third-order valence-corrected chi connectivity index (χ3v) is 3.32. The number of hydrogen-bond acceptors (Lipinski definition) is 5. The average molecular weight is 345 g/mol. The van der Waals surface area contributed by atoms with Gasteiger partial charge in [0, 0.05) is 10.9 Å². The fourth-order valence-electron chi connectivity index (χ4n) is 1.63. The first-order valence-electron chi connectivity index (χ1n) is 6.22. The molecule has 5 nitrogen and oxygen atoms in total. The van der Waals surface area contributed by atoms with Crippen LogP contribution in [0.1, 0.15) is 25.0 Å². The summed E-state index contributed by atoms with van der Waals surface area (Å²) in [5.74, 6) is -2.07. The van der Waals surface area contributed by atoms with Crippen LogP contribution in [0.3, 0.4) is 0 Å². The van der Waals surface area contributed by atoms with Crippen LogP contribution in [0, 0.1) is 0 Å². The van der Waals surface area contributed by atoms with Gasteiger partial charge in [-0.3, -0.25) is 0 Å². The number of ether oxygens (including phenoxy) is 2. The highest BCUT2D eigenvalue weighted by Gasteiger charge is 2.49. The lowest BCUT2D eigenvalue weighted by atomic mass is 9.93. The van der Waals surface area contributed by atoms with E-state index in [1.165, 1.54) is 12.1 Å². The zero-order valence-electron chi connectivity index (χ0n) is 11.4. The normalized spacial score (nSPS) is 11.0. The summed E-state index contributed by atoms with van der Waals surface area (Å²) in [6.45, 7) is 3.30. The van der Waals surface area contributed by atoms with Crippen LogP contribution in [0.5, 0.6) is 0 Å². The molecule has 1 N–H and O–H groups in total. The van der Waals surface area contributed by atoms with E-state index < -0.39 is 17.5 Å². The van der Waals surface area contributed by atoms with E-state index in [9.17, 15) is 14.7 Å². The number of carbonyl (C=O) groups excluding carboxylic acids is 2. The highest BCUT2D eigenvalue weighted by atomic mass is 79.9. The van der Waals surface area contributed by atoms with Gasteiger partial charge in [-0.15, -0.1) is 0 Å². The Morgan fingerprint density at radius 1 is 1.10 bits per heavy atom. The molecule has 0 heterocycles. The first kappa shape index (κ1) is 16.7. The Morgan fingerprint density at radius 2 is 1.55 bits per heavy atom. The van der Waals surface area contributed by atoms with Gasteiger partial charge in [0.25, 0.3) is 5.60 Å². The SMILES string of the molecule is CCOC(=O)C(O)(C(=O)OCC)c1ccc(CBr)cc1. The monoisotopic (exact) mass is 344 g/mol. The van der Waals surface area contributed by atoms with Crippen molar-refractivity contribution < 1.29 is 24.2 Å². The molecule has 0 amide bonds. The molecule has 0 spiro atoms. The van der Waals surface area contributed by atoms with Gasteiger partial charge in [-0.25, -0.2) is 9.59 Å². The highest BCUT2D eigenvalue weighted by molar-refractivity contribution is 9.08. The predicted molar refractivity (Wildman–Crippen MR) is 76.2 cm³/mol. The van der Waals surface area contributed by atoms with Crippen molar-refractivity contribution in [2.75, 3.05) is 13.2 Å². The number of rotatable bonds is 6. The van der Waals surface area contributed by atoms with Crippen LogP contribution in [0.4, 0.5) is 0 Å². The molecular weight excluding hydrogens is 328 g/mol. The van der Waals surface area contributed by atoms with Gasteiger partial charge in [-0.1, -0.05) is 40.2 Å². The Kier molecular flexibility index (Phi) is 6.16. The molecule has 0 fully saturated rings. The quantitative estimate of drug-likeness (QED) is 0.484. The zero-order valence-corrected chi connectivity index (χ0v) is 13.0. The van der Waals surface area contributed by atoms with Gasteiger partial charge in [0.05, 0.1) is 13.2 Å². The molecule has 0 aliphatic rings. The second-order valence-electron chi connectivity index (χ2n) is 3.98. The lowest BCUT2D eigenvalue weighted by molar-refractivity contribution is -0.184. The van der Waals surface area contributed by atoms with Crippen molar-refractivity contribution in [1.82, 2.24) is 0 Å². The number of carbonyl (C=O) groups is 2. The first-order chi connectivity index (χ1) is 9.50. The molecule has 1 rings (SSSR count). The van der Waals surface area contributed by atoms with Gasteiger partial charge in [-0.2, -0.15) is 0 Å². The average Bonchev–Trinajstić information content (AvgIpc) is 2.47. The summed E-state index contributed by atoms with van der Waals surface area (Å²) in [5, 5.41) is 11.1. The molecule has 0 bridgehead atoms. The van der Waals surface area contributed by atoms with Crippen molar-refractivity contribution in [3.05, 3.63) is 35.4 Å². The standard InChI is InChI=1S/C14H17BrO5/c1-3-19-12(16)14(18,13(17)20-4-2)11-7-5-10(9-15)6-8-11/h5-8,18H,3-4,9H2,1-2H3. The summed E-state index contributed by atoms with van der Waals surface area (Å²) in [6, 6.07) is 6.41. The number of aliphatic hydroxyl groups is 1. The van der Waals surface area contributed by atoms with Crippen LogP contribution in [0.2, 0.25) is 0 Å². The molecule has 0 saturated carbocycles. The van der Waals surface area contributed by atoms with Gasteiger partial charge in [0.1, 0.15) is 0 Å². The van der Waals surface area contributed by atoms with Crippen LogP contribution < -0.4 is 0 Å². The molecule has 0 aliphatic carbocycles. The van der Waals surface area contributed by atoms with E-state index in [4.69, 9.17) is 9.47 Å². The topological polar surface area (TPSA) is 72.8 Å². The van der Waals surface area contributed by atoms with Crippen LogP contribution in [0.15, 0.2) is 24.3 Å². The maximum Gasteiger partial charge on any atom is 0.354 e. The highest BCUT2D eigenvalue weighted by Crippen LogP contribution is 2.26. The van der Waals surface area contributed by atoms with Crippen molar-refractivity contribution in [3.63, 3.8) is 0 Å². The van der Waals surface area contributed by atoms with Crippen molar-refractivity contribution >= 4 is 27.9 Å². The van der Waals surface area contributed by atoms with Crippen molar-refractivity contribution in [2.45, 2.75) is 24.8 Å². The fourth-order valence-corrected chi connectivity index (χ4v) is 2.00. The molecule has 0 unspecified atom stereocenters. The minimum atomic E-state index is -2.43. The van der Waals surface area contributed by atoms with Crippen molar-refractivity contribution in [1.29, 1.82) is 0 Å². The summed E-state index contributed by atoms with van der Waals surface area (Å²) in [6.07, 6.45) is 0. The second kappa shape index (κ2) is 7.40. The summed E-state index contributed by atoms with van der Waals surface area (Å²) >= 11 is 3.29. The largest absolute Gasteiger partial charge is 0.463 e. The van der Waals surface area contributed by atoms with E-state index in [2.05, 4.69) is 15.9 Å². The summed E-state index contributed by atoms with van der Waals surface area (Å²) in [4.78, 5) is 23.9. The minimum absolute atomic E-state index is 0.0556. The van der Waals surface area contributed by atoms with E-state index in [0.29, 0.717) is 5.33 Å². The smallest absolute Gasteiger partial charge is 0.354 e. The summed E-state index contributed by atoms with van der Waals surface area (Å²) in [7, 11) is 0. The molecule has 20 heavy (non-hydrogen) atoms. The lowest BCUT2D eigenvalue weighted by Crippen LogP contribution is -2.46. The Balaban J connectivity index is 3.20. The molecule has 0 aliphatic heterocycles. The molecular formula is C14H17BrO5.